The van der Waals surface area contributed by atoms with Crippen molar-refractivity contribution in [2.24, 2.45) is 0 Å². The average Bonchev–Trinajstić information content (AvgIpc) is 2.61. The SMILES string of the molecule is O=S(=O)(CCCC(F)(F)F)c1ccc(Oc2cccc3ccccc23)cc1. The molecule has 7 heteroatoms. The highest BCUT2D eigenvalue weighted by molar-refractivity contribution is 7.91. The van der Waals surface area contributed by atoms with E-state index in [-0.39, 0.29) is 4.90 Å². The predicted octanol–water partition coefficient (Wildman–Crippen LogP) is 5.75. The van der Waals surface area contributed by atoms with Crippen LogP contribution in [-0.4, -0.2) is 20.3 Å². The standard InChI is InChI=1S/C20H17F3O3S/c21-20(22,23)13-4-14-27(24,25)17-11-9-16(10-12-17)26-19-8-3-6-15-5-1-2-7-18(15)19/h1-3,5-12H,4,13-14H2. The van der Waals surface area contributed by atoms with E-state index in [2.05, 4.69) is 0 Å². The molecule has 0 radical (unpaired) electrons. The highest BCUT2D eigenvalue weighted by Gasteiger charge is 2.27. The number of hydrogen-bond acceptors (Lipinski definition) is 3. The van der Waals surface area contributed by atoms with E-state index >= 15 is 0 Å². The van der Waals surface area contributed by atoms with E-state index < -0.39 is 34.6 Å². The lowest BCUT2D eigenvalue weighted by Crippen LogP contribution is -2.12. The Bertz CT molecular complexity index is 1020. The van der Waals surface area contributed by atoms with Gasteiger partial charge in [0.2, 0.25) is 0 Å². The number of sulfone groups is 1. The Morgan fingerprint density at radius 1 is 0.852 bits per heavy atom. The van der Waals surface area contributed by atoms with Gasteiger partial charge in [-0.05, 0) is 42.1 Å². The van der Waals surface area contributed by atoms with Crippen LogP contribution in [0.15, 0.2) is 71.6 Å². The van der Waals surface area contributed by atoms with Gasteiger partial charge in [-0.1, -0.05) is 36.4 Å². The van der Waals surface area contributed by atoms with Crippen molar-refractivity contribution in [3.63, 3.8) is 0 Å². The molecule has 0 aliphatic carbocycles. The van der Waals surface area contributed by atoms with E-state index in [0.717, 1.165) is 10.8 Å². The summed E-state index contributed by atoms with van der Waals surface area (Å²) in [6, 6.07) is 19.0. The Hall–Kier alpha value is -2.54. The number of ether oxygens (including phenoxy) is 1. The molecule has 0 amide bonds. The van der Waals surface area contributed by atoms with Crippen molar-refractivity contribution >= 4 is 20.6 Å². The summed E-state index contributed by atoms with van der Waals surface area (Å²) in [5, 5.41) is 1.93. The van der Waals surface area contributed by atoms with Crippen molar-refractivity contribution in [1.82, 2.24) is 0 Å². The van der Waals surface area contributed by atoms with Gasteiger partial charge in [-0.3, -0.25) is 0 Å². The first-order valence-corrected chi connectivity index (χ1v) is 9.95. The van der Waals surface area contributed by atoms with Gasteiger partial charge in [-0.2, -0.15) is 13.2 Å². The summed E-state index contributed by atoms with van der Waals surface area (Å²) in [6.45, 7) is 0. The topological polar surface area (TPSA) is 43.4 Å². The van der Waals surface area contributed by atoms with Crippen molar-refractivity contribution in [3.05, 3.63) is 66.7 Å². The highest BCUT2D eigenvalue weighted by Crippen LogP contribution is 2.30. The molecule has 0 atom stereocenters. The van der Waals surface area contributed by atoms with Crippen LogP contribution in [0.25, 0.3) is 10.8 Å². The molecule has 3 rings (SSSR count). The summed E-state index contributed by atoms with van der Waals surface area (Å²) in [4.78, 5) is -0.0186. The van der Waals surface area contributed by atoms with E-state index in [4.69, 9.17) is 4.74 Å². The molecule has 0 aliphatic heterocycles. The monoisotopic (exact) mass is 394 g/mol. The number of halogens is 3. The third-order valence-corrected chi connectivity index (χ3v) is 5.85. The van der Waals surface area contributed by atoms with Crippen LogP contribution < -0.4 is 4.74 Å². The van der Waals surface area contributed by atoms with Gasteiger partial charge in [0.05, 0.1) is 10.6 Å². The minimum Gasteiger partial charge on any atom is -0.457 e. The van der Waals surface area contributed by atoms with Gasteiger partial charge in [-0.15, -0.1) is 0 Å². The molecule has 0 spiro atoms. The zero-order valence-corrected chi connectivity index (χ0v) is 15.1. The maximum Gasteiger partial charge on any atom is 0.389 e. The van der Waals surface area contributed by atoms with Crippen LogP contribution in [0.5, 0.6) is 11.5 Å². The summed E-state index contributed by atoms with van der Waals surface area (Å²) >= 11 is 0. The zero-order chi connectivity index (χ0) is 19.5. The molecule has 0 unspecified atom stereocenters. The van der Waals surface area contributed by atoms with E-state index in [1.54, 1.807) is 0 Å². The van der Waals surface area contributed by atoms with Gasteiger partial charge in [0.25, 0.3) is 0 Å². The Morgan fingerprint density at radius 3 is 2.22 bits per heavy atom. The molecule has 3 nitrogen and oxygen atoms in total. The smallest absolute Gasteiger partial charge is 0.389 e. The number of fused-ring (bicyclic) bond motifs is 1. The lowest BCUT2D eigenvalue weighted by molar-refractivity contribution is -0.134. The Kier molecular flexibility index (Phi) is 5.41. The van der Waals surface area contributed by atoms with Gasteiger partial charge in [0.15, 0.2) is 9.84 Å². The van der Waals surface area contributed by atoms with Gasteiger partial charge in [0, 0.05) is 11.8 Å². The van der Waals surface area contributed by atoms with Crippen LogP contribution in [0.4, 0.5) is 13.2 Å². The van der Waals surface area contributed by atoms with E-state index in [0.29, 0.717) is 11.5 Å². The summed E-state index contributed by atoms with van der Waals surface area (Å²) in [5.41, 5.74) is 0. The number of benzene rings is 3. The van der Waals surface area contributed by atoms with E-state index in [1.165, 1.54) is 24.3 Å². The molecule has 142 valence electrons. The summed E-state index contributed by atoms with van der Waals surface area (Å²) in [5.74, 6) is 0.533. The zero-order valence-electron chi connectivity index (χ0n) is 14.2. The van der Waals surface area contributed by atoms with Gasteiger partial charge in [-0.25, -0.2) is 8.42 Å². The minimum atomic E-state index is -4.36. The largest absolute Gasteiger partial charge is 0.457 e. The second-order valence-electron chi connectivity index (χ2n) is 6.09. The third kappa shape index (κ3) is 5.01. The van der Waals surface area contributed by atoms with Crippen molar-refractivity contribution < 1.29 is 26.3 Å². The number of alkyl halides is 3. The second-order valence-corrected chi connectivity index (χ2v) is 8.20. The van der Waals surface area contributed by atoms with Crippen molar-refractivity contribution in [3.8, 4) is 11.5 Å². The predicted molar refractivity (Wildman–Crippen MR) is 97.8 cm³/mol. The molecule has 0 aliphatic rings. The molecule has 0 fully saturated rings. The molecular formula is C20H17F3O3S. The van der Waals surface area contributed by atoms with Crippen LogP contribution >= 0.6 is 0 Å². The number of hydrogen-bond donors (Lipinski definition) is 0. The first-order chi connectivity index (χ1) is 12.7. The van der Waals surface area contributed by atoms with E-state index in [9.17, 15) is 21.6 Å². The molecule has 0 bridgehead atoms. The fraction of sp³-hybridized carbons (Fsp3) is 0.200. The number of rotatable bonds is 6. The maximum atomic E-state index is 12.2. The first kappa shape index (κ1) is 19.2. The normalized spacial score (nSPS) is 12.3. The minimum absolute atomic E-state index is 0.0186. The molecule has 0 aromatic heterocycles. The van der Waals surface area contributed by atoms with Gasteiger partial charge in [0.1, 0.15) is 11.5 Å². The molecule has 3 aromatic carbocycles. The molecule has 0 heterocycles. The van der Waals surface area contributed by atoms with Crippen LogP contribution in [0.2, 0.25) is 0 Å². The summed E-state index contributed by atoms with van der Waals surface area (Å²) in [6.07, 6.45) is -5.93. The van der Waals surface area contributed by atoms with Gasteiger partial charge >= 0.3 is 6.18 Å². The first-order valence-electron chi connectivity index (χ1n) is 8.30. The average molecular weight is 394 g/mol. The Labute approximate surface area is 155 Å². The fourth-order valence-corrected chi connectivity index (χ4v) is 4.02. The third-order valence-electron chi connectivity index (χ3n) is 4.03. The lowest BCUT2D eigenvalue weighted by atomic mass is 10.1. The fourth-order valence-electron chi connectivity index (χ4n) is 2.71. The van der Waals surface area contributed by atoms with Crippen molar-refractivity contribution in [2.75, 3.05) is 5.75 Å². The van der Waals surface area contributed by atoms with Crippen LogP contribution in [0.3, 0.4) is 0 Å². The van der Waals surface area contributed by atoms with Crippen LogP contribution in [0.1, 0.15) is 12.8 Å². The summed E-state index contributed by atoms with van der Waals surface area (Å²) in [7, 11) is -3.76. The van der Waals surface area contributed by atoms with Crippen molar-refractivity contribution in [1.29, 1.82) is 0 Å². The maximum absolute atomic E-state index is 12.2. The molecular weight excluding hydrogens is 377 g/mol. The second kappa shape index (κ2) is 7.60. The van der Waals surface area contributed by atoms with Crippen molar-refractivity contribution in [2.45, 2.75) is 23.9 Å². The lowest BCUT2D eigenvalue weighted by Gasteiger charge is -2.10. The van der Waals surface area contributed by atoms with Crippen LogP contribution in [-0.2, 0) is 9.84 Å². The van der Waals surface area contributed by atoms with Crippen LogP contribution in [0, 0.1) is 0 Å². The molecule has 0 saturated heterocycles. The molecule has 27 heavy (non-hydrogen) atoms. The Morgan fingerprint density at radius 2 is 1.52 bits per heavy atom. The molecule has 0 N–H and O–H groups in total. The highest BCUT2D eigenvalue weighted by atomic mass is 32.2. The Balaban J connectivity index is 1.73. The quantitative estimate of drug-likeness (QED) is 0.535. The van der Waals surface area contributed by atoms with E-state index in [1.807, 2.05) is 42.5 Å². The molecule has 3 aromatic rings. The van der Waals surface area contributed by atoms with Gasteiger partial charge < -0.3 is 4.74 Å². The molecule has 0 saturated carbocycles. The summed E-state index contributed by atoms with van der Waals surface area (Å²) < 4.78 is 66.7.